The summed E-state index contributed by atoms with van der Waals surface area (Å²) in [5.74, 6) is -4.58. The number of hydrogen-bond donors (Lipinski definition) is 8. The van der Waals surface area contributed by atoms with E-state index in [1.807, 2.05) is 0 Å². The number of imidazole rings is 1. The number of nitrogens with two attached hydrogens (primary N) is 2. The van der Waals surface area contributed by atoms with Crippen LogP contribution in [0, 0.1) is 0 Å². The van der Waals surface area contributed by atoms with E-state index in [9.17, 15) is 34.2 Å². The minimum absolute atomic E-state index is 0.110. The molecule has 3 atom stereocenters. The van der Waals surface area contributed by atoms with E-state index in [0.29, 0.717) is 5.69 Å². The SMILES string of the molecule is NCC(=O)NC(CCC(N)=O)C(=O)NC(CO)C(=O)NC(Cc1cnc[nH]1)C(=O)O. The Kier molecular flexibility index (Phi) is 9.91. The zero-order valence-electron chi connectivity index (χ0n) is 16.0. The molecule has 0 bridgehead atoms. The van der Waals surface area contributed by atoms with E-state index in [2.05, 4.69) is 25.9 Å². The Labute approximate surface area is 170 Å². The molecule has 0 saturated carbocycles. The average Bonchev–Trinajstić information content (AvgIpc) is 3.20. The molecule has 1 aromatic rings. The number of primary amides is 1. The molecule has 14 heteroatoms. The molecule has 1 heterocycles. The monoisotopic (exact) mass is 427 g/mol. The lowest BCUT2D eigenvalue weighted by Gasteiger charge is -2.23. The number of carboxylic acid groups (broad SMARTS) is 1. The van der Waals surface area contributed by atoms with Gasteiger partial charge in [0.1, 0.15) is 18.1 Å². The predicted octanol–water partition coefficient (Wildman–Crippen LogP) is -4.29. The fourth-order valence-corrected chi connectivity index (χ4v) is 2.36. The maximum absolute atomic E-state index is 12.4. The van der Waals surface area contributed by atoms with Crippen molar-refractivity contribution in [2.24, 2.45) is 11.5 Å². The van der Waals surface area contributed by atoms with Crippen LogP contribution in [0.15, 0.2) is 12.5 Å². The lowest BCUT2D eigenvalue weighted by atomic mass is 10.1. The molecule has 4 amide bonds. The Morgan fingerprint density at radius 1 is 1.07 bits per heavy atom. The van der Waals surface area contributed by atoms with Crippen LogP contribution in [0.2, 0.25) is 0 Å². The molecule has 14 nitrogen and oxygen atoms in total. The number of aromatic amines is 1. The summed E-state index contributed by atoms with van der Waals surface area (Å²) in [7, 11) is 0. The topological polar surface area (TPSA) is 243 Å². The number of aliphatic carboxylic acids is 1. The summed E-state index contributed by atoms with van der Waals surface area (Å²) in [6, 6.07) is -4.10. The number of nitrogens with one attached hydrogen (secondary N) is 4. The van der Waals surface area contributed by atoms with E-state index < -0.39 is 60.9 Å². The molecule has 0 aliphatic carbocycles. The molecule has 30 heavy (non-hydrogen) atoms. The van der Waals surface area contributed by atoms with Crippen molar-refractivity contribution in [2.75, 3.05) is 13.2 Å². The number of H-pyrrole nitrogens is 1. The number of aromatic nitrogens is 2. The summed E-state index contributed by atoms with van der Waals surface area (Å²) >= 11 is 0. The van der Waals surface area contributed by atoms with Gasteiger partial charge >= 0.3 is 5.97 Å². The van der Waals surface area contributed by atoms with Crippen molar-refractivity contribution < 1.29 is 34.2 Å². The summed E-state index contributed by atoms with van der Waals surface area (Å²) in [4.78, 5) is 65.1. The molecule has 10 N–H and O–H groups in total. The van der Waals surface area contributed by atoms with Gasteiger partial charge in [-0.15, -0.1) is 0 Å². The van der Waals surface area contributed by atoms with Gasteiger partial charge in [-0.2, -0.15) is 0 Å². The third-order valence-electron chi connectivity index (χ3n) is 3.93. The molecule has 0 aliphatic rings. The number of amides is 4. The van der Waals surface area contributed by atoms with E-state index in [4.69, 9.17) is 11.5 Å². The Morgan fingerprint density at radius 3 is 2.20 bits per heavy atom. The first-order valence-corrected chi connectivity index (χ1v) is 8.87. The summed E-state index contributed by atoms with van der Waals surface area (Å²) in [5, 5.41) is 25.4. The van der Waals surface area contributed by atoms with Gasteiger partial charge in [-0.1, -0.05) is 0 Å². The quantitative estimate of drug-likeness (QED) is 0.151. The molecule has 0 saturated heterocycles. The number of carbonyl (C=O) groups is 5. The Balaban J connectivity index is 2.80. The number of hydrogen-bond acceptors (Lipinski definition) is 8. The van der Waals surface area contributed by atoms with Gasteiger partial charge in [0.25, 0.3) is 0 Å². The molecular formula is C16H25N7O7. The first-order chi connectivity index (χ1) is 14.2. The van der Waals surface area contributed by atoms with Crippen molar-refractivity contribution >= 4 is 29.6 Å². The third-order valence-corrected chi connectivity index (χ3v) is 3.93. The van der Waals surface area contributed by atoms with Gasteiger partial charge in [0.05, 0.1) is 19.5 Å². The Morgan fingerprint density at radius 2 is 1.70 bits per heavy atom. The standard InChI is InChI=1S/C16H25N7O7/c17-4-13(26)21-9(1-2-12(18)25)14(27)23-11(6-24)15(28)22-10(16(29)30)3-8-5-19-7-20-8/h5,7,9-11,24H,1-4,6,17H2,(H2,18,25)(H,19,20)(H,21,26)(H,22,28)(H,23,27)(H,29,30). The van der Waals surface area contributed by atoms with Gasteiger partial charge < -0.3 is 42.6 Å². The predicted molar refractivity (Wildman–Crippen MR) is 100 cm³/mol. The van der Waals surface area contributed by atoms with Crippen LogP contribution in [-0.2, 0) is 30.4 Å². The zero-order valence-corrected chi connectivity index (χ0v) is 16.0. The molecule has 3 unspecified atom stereocenters. The molecule has 0 radical (unpaired) electrons. The molecule has 0 spiro atoms. The van der Waals surface area contributed by atoms with E-state index in [1.54, 1.807) is 0 Å². The number of rotatable bonds is 13. The van der Waals surface area contributed by atoms with Gasteiger partial charge in [0, 0.05) is 24.7 Å². The van der Waals surface area contributed by atoms with Crippen LogP contribution < -0.4 is 27.4 Å². The third kappa shape index (κ3) is 8.24. The van der Waals surface area contributed by atoms with Crippen LogP contribution >= 0.6 is 0 Å². The lowest BCUT2D eigenvalue weighted by Crippen LogP contribution is -2.57. The second-order valence-electron chi connectivity index (χ2n) is 6.25. The van der Waals surface area contributed by atoms with E-state index in [1.165, 1.54) is 12.5 Å². The fourth-order valence-electron chi connectivity index (χ4n) is 2.36. The number of carbonyl (C=O) groups excluding carboxylic acids is 4. The molecular weight excluding hydrogens is 402 g/mol. The largest absolute Gasteiger partial charge is 0.480 e. The molecule has 0 aliphatic heterocycles. The van der Waals surface area contributed by atoms with Crippen LogP contribution in [0.3, 0.4) is 0 Å². The van der Waals surface area contributed by atoms with Crippen LogP contribution in [-0.4, -0.2) is 81.1 Å². The van der Waals surface area contributed by atoms with E-state index in [0.717, 1.165) is 0 Å². The minimum Gasteiger partial charge on any atom is -0.480 e. The first-order valence-electron chi connectivity index (χ1n) is 8.87. The van der Waals surface area contributed by atoms with Crippen molar-refractivity contribution in [2.45, 2.75) is 37.4 Å². The Hall–Kier alpha value is -3.52. The number of carboxylic acids is 1. The van der Waals surface area contributed by atoms with Crippen molar-refractivity contribution in [1.29, 1.82) is 0 Å². The lowest BCUT2D eigenvalue weighted by molar-refractivity contribution is -0.142. The van der Waals surface area contributed by atoms with Gasteiger partial charge in [-0.05, 0) is 6.42 Å². The maximum atomic E-state index is 12.4. The summed E-state index contributed by atoms with van der Waals surface area (Å²) in [6.07, 6.45) is 2.22. The highest BCUT2D eigenvalue weighted by atomic mass is 16.4. The number of aliphatic hydroxyl groups excluding tert-OH is 1. The normalized spacial score (nSPS) is 13.5. The minimum atomic E-state index is -1.51. The van der Waals surface area contributed by atoms with Crippen LogP contribution in [0.1, 0.15) is 18.5 Å². The highest BCUT2D eigenvalue weighted by Gasteiger charge is 2.29. The molecule has 1 aromatic heterocycles. The Bertz CT molecular complexity index is 753. The highest BCUT2D eigenvalue weighted by molar-refractivity contribution is 5.94. The van der Waals surface area contributed by atoms with Crippen molar-refractivity contribution in [1.82, 2.24) is 25.9 Å². The van der Waals surface area contributed by atoms with Crippen LogP contribution in [0.25, 0.3) is 0 Å². The summed E-state index contributed by atoms with van der Waals surface area (Å²) in [6.45, 7) is -1.26. The highest BCUT2D eigenvalue weighted by Crippen LogP contribution is 2.02. The van der Waals surface area contributed by atoms with Gasteiger partial charge in [0.2, 0.25) is 23.6 Å². The average molecular weight is 427 g/mol. The van der Waals surface area contributed by atoms with Gasteiger partial charge in [-0.3, -0.25) is 19.2 Å². The van der Waals surface area contributed by atoms with Crippen LogP contribution in [0.4, 0.5) is 0 Å². The number of aliphatic hydroxyl groups is 1. The second kappa shape index (κ2) is 12.1. The zero-order chi connectivity index (χ0) is 22.7. The second-order valence-corrected chi connectivity index (χ2v) is 6.25. The van der Waals surface area contributed by atoms with Crippen LogP contribution in [0.5, 0.6) is 0 Å². The first kappa shape index (κ1) is 24.5. The molecule has 166 valence electrons. The summed E-state index contributed by atoms with van der Waals surface area (Å²) < 4.78 is 0. The van der Waals surface area contributed by atoms with Crippen molar-refractivity contribution in [3.8, 4) is 0 Å². The summed E-state index contributed by atoms with van der Waals surface area (Å²) in [5.41, 5.74) is 10.7. The van der Waals surface area contributed by atoms with Gasteiger partial charge in [0.15, 0.2) is 0 Å². The van der Waals surface area contributed by atoms with Crippen molar-refractivity contribution in [3.05, 3.63) is 18.2 Å². The molecule has 0 aromatic carbocycles. The van der Waals surface area contributed by atoms with Gasteiger partial charge in [-0.25, -0.2) is 9.78 Å². The van der Waals surface area contributed by atoms with E-state index >= 15 is 0 Å². The van der Waals surface area contributed by atoms with E-state index in [-0.39, 0.29) is 19.3 Å². The number of nitrogens with zero attached hydrogens (tertiary/aromatic N) is 1. The van der Waals surface area contributed by atoms with Crippen molar-refractivity contribution in [3.63, 3.8) is 0 Å². The smallest absolute Gasteiger partial charge is 0.326 e. The molecule has 0 fully saturated rings. The maximum Gasteiger partial charge on any atom is 0.326 e. The molecule has 1 rings (SSSR count). The fraction of sp³-hybridized carbons (Fsp3) is 0.500.